The molecule has 0 aliphatic heterocycles. The number of fused-ring (bicyclic) bond motifs is 5. The maximum absolute atomic E-state index is 12.1. The van der Waals surface area contributed by atoms with E-state index in [4.69, 9.17) is 0 Å². The van der Waals surface area contributed by atoms with Crippen LogP contribution in [0.5, 0.6) is 0 Å². The predicted molar refractivity (Wildman–Crippen MR) is 127 cm³/mol. The standard InChI is InChI=1S/C29H46O/c1-7-21(19(2)3)9-8-20(4)25-12-13-26-24-11-10-22-18-23(30)14-16-28(22,5)27(24)15-17-29(25,26)6/h8-9,18-21,24-27H,7,10-17H2,1-6H3/t20-,21-,24+,25-,26?,27?,28+,29-/m1/s1. The Balaban J connectivity index is 1.52. The van der Waals surface area contributed by atoms with Crippen molar-refractivity contribution in [2.75, 3.05) is 0 Å². The predicted octanol–water partition coefficient (Wildman–Crippen LogP) is 8.01. The molecule has 0 aromatic carbocycles. The summed E-state index contributed by atoms with van der Waals surface area (Å²) in [6.45, 7) is 14.7. The van der Waals surface area contributed by atoms with Crippen LogP contribution in [0, 0.1) is 52.3 Å². The van der Waals surface area contributed by atoms with Crippen LogP contribution < -0.4 is 0 Å². The van der Waals surface area contributed by atoms with Gasteiger partial charge in [-0.25, -0.2) is 0 Å². The topological polar surface area (TPSA) is 17.1 Å². The van der Waals surface area contributed by atoms with Gasteiger partial charge in [0.2, 0.25) is 0 Å². The summed E-state index contributed by atoms with van der Waals surface area (Å²) < 4.78 is 0. The molecular formula is C29H46O. The molecule has 0 aromatic heterocycles. The maximum atomic E-state index is 12.1. The van der Waals surface area contributed by atoms with Crippen LogP contribution in [0.4, 0.5) is 0 Å². The molecule has 8 atom stereocenters. The molecule has 0 radical (unpaired) electrons. The second-order valence-corrected chi connectivity index (χ2v) is 12.3. The first-order valence-corrected chi connectivity index (χ1v) is 13.1. The van der Waals surface area contributed by atoms with Gasteiger partial charge >= 0.3 is 0 Å². The van der Waals surface area contributed by atoms with Crippen LogP contribution in [0.3, 0.4) is 0 Å². The Morgan fingerprint density at radius 3 is 2.47 bits per heavy atom. The lowest BCUT2D eigenvalue weighted by Crippen LogP contribution is -2.50. The molecule has 4 rings (SSSR count). The molecule has 0 aromatic rings. The van der Waals surface area contributed by atoms with Crippen molar-refractivity contribution in [1.82, 2.24) is 0 Å². The molecule has 0 saturated heterocycles. The Morgan fingerprint density at radius 1 is 1.00 bits per heavy atom. The molecule has 0 amide bonds. The van der Waals surface area contributed by atoms with Crippen molar-refractivity contribution in [3.63, 3.8) is 0 Å². The van der Waals surface area contributed by atoms with Crippen molar-refractivity contribution in [2.45, 2.75) is 99.3 Å². The number of hydrogen-bond acceptors (Lipinski definition) is 1. The maximum Gasteiger partial charge on any atom is 0.155 e. The summed E-state index contributed by atoms with van der Waals surface area (Å²) in [6.07, 6.45) is 18.5. The zero-order valence-electron chi connectivity index (χ0n) is 20.5. The molecular weight excluding hydrogens is 364 g/mol. The monoisotopic (exact) mass is 410 g/mol. The lowest BCUT2D eigenvalue weighted by Gasteiger charge is -2.58. The third-order valence-corrected chi connectivity index (χ3v) is 10.7. The molecule has 2 unspecified atom stereocenters. The van der Waals surface area contributed by atoms with Crippen LogP contribution in [-0.2, 0) is 4.79 Å². The highest BCUT2D eigenvalue weighted by molar-refractivity contribution is 5.91. The van der Waals surface area contributed by atoms with E-state index < -0.39 is 0 Å². The van der Waals surface area contributed by atoms with E-state index >= 15 is 0 Å². The molecule has 0 spiro atoms. The van der Waals surface area contributed by atoms with Crippen LogP contribution >= 0.6 is 0 Å². The van der Waals surface area contributed by atoms with Gasteiger partial charge in [0, 0.05) is 6.42 Å². The molecule has 3 fully saturated rings. The summed E-state index contributed by atoms with van der Waals surface area (Å²) in [6, 6.07) is 0. The van der Waals surface area contributed by atoms with Crippen LogP contribution in [0.1, 0.15) is 99.3 Å². The molecule has 30 heavy (non-hydrogen) atoms. The van der Waals surface area contributed by atoms with E-state index in [0.717, 1.165) is 48.3 Å². The van der Waals surface area contributed by atoms with Gasteiger partial charge in [0.1, 0.15) is 0 Å². The first kappa shape index (κ1) is 22.3. The zero-order chi connectivity index (χ0) is 21.7. The number of allylic oxidation sites excluding steroid dienone is 3. The molecule has 4 aliphatic carbocycles. The van der Waals surface area contributed by atoms with E-state index in [-0.39, 0.29) is 0 Å². The largest absolute Gasteiger partial charge is 0.295 e. The fraction of sp³-hybridized carbons (Fsp3) is 0.828. The SMILES string of the molecule is CC[C@H](C=C[C@@H](C)[C@H]1CCC2[C@@H]3CCC4=CC(=O)CC[C@]4(C)C3CC[C@@]21C)C(C)C. The van der Waals surface area contributed by atoms with Gasteiger partial charge in [0.05, 0.1) is 0 Å². The fourth-order valence-corrected chi connectivity index (χ4v) is 8.75. The van der Waals surface area contributed by atoms with Gasteiger partial charge in [-0.2, -0.15) is 0 Å². The average Bonchev–Trinajstić information content (AvgIpc) is 3.06. The molecule has 3 saturated carbocycles. The van der Waals surface area contributed by atoms with Crippen LogP contribution in [0.15, 0.2) is 23.8 Å². The first-order valence-electron chi connectivity index (χ1n) is 13.1. The van der Waals surface area contributed by atoms with Crippen molar-refractivity contribution in [1.29, 1.82) is 0 Å². The Kier molecular flexibility index (Phi) is 6.15. The molecule has 1 nitrogen and oxygen atoms in total. The lowest BCUT2D eigenvalue weighted by molar-refractivity contribution is -0.117. The van der Waals surface area contributed by atoms with E-state index in [1.165, 1.54) is 50.5 Å². The molecule has 0 heterocycles. The van der Waals surface area contributed by atoms with E-state index in [2.05, 4.69) is 59.8 Å². The van der Waals surface area contributed by atoms with Gasteiger partial charge in [-0.05, 0) is 110 Å². The highest BCUT2D eigenvalue weighted by Crippen LogP contribution is 2.67. The summed E-state index contributed by atoms with van der Waals surface area (Å²) in [7, 11) is 0. The highest BCUT2D eigenvalue weighted by atomic mass is 16.1. The third kappa shape index (κ3) is 3.57. The minimum Gasteiger partial charge on any atom is -0.295 e. The Labute approximate surface area is 186 Å². The van der Waals surface area contributed by atoms with Gasteiger partial charge < -0.3 is 0 Å². The zero-order valence-corrected chi connectivity index (χ0v) is 20.5. The van der Waals surface area contributed by atoms with Gasteiger partial charge in [0.15, 0.2) is 5.78 Å². The van der Waals surface area contributed by atoms with Crippen molar-refractivity contribution < 1.29 is 4.79 Å². The summed E-state index contributed by atoms with van der Waals surface area (Å²) in [5, 5.41) is 0. The molecule has 1 heteroatoms. The number of carbonyl (C=O) groups excluding carboxylic acids is 1. The van der Waals surface area contributed by atoms with Gasteiger partial charge in [-0.15, -0.1) is 0 Å². The fourth-order valence-electron chi connectivity index (χ4n) is 8.75. The van der Waals surface area contributed by atoms with Crippen LogP contribution in [-0.4, -0.2) is 5.78 Å². The van der Waals surface area contributed by atoms with Gasteiger partial charge in [-0.1, -0.05) is 59.3 Å². The van der Waals surface area contributed by atoms with Gasteiger partial charge in [-0.3, -0.25) is 4.79 Å². The highest BCUT2D eigenvalue weighted by Gasteiger charge is 2.59. The summed E-state index contributed by atoms with van der Waals surface area (Å²) >= 11 is 0. The van der Waals surface area contributed by atoms with Crippen molar-refractivity contribution in [3.05, 3.63) is 23.8 Å². The third-order valence-electron chi connectivity index (χ3n) is 10.7. The number of hydrogen-bond donors (Lipinski definition) is 0. The van der Waals surface area contributed by atoms with Gasteiger partial charge in [0.25, 0.3) is 0 Å². The second-order valence-electron chi connectivity index (χ2n) is 12.3. The van der Waals surface area contributed by atoms with E-state index in [1.807, 2.05) is 0 Å². The Bertz CT molecular complexity index is 714. The molecule has 168 valence electrons. The number of rotatable bonds is 5. The van der Waals surface area contributed by atoms with Crippen molar-refractivity contribution in [2.24, 2.45) is 52.3 Å². The lowest BCUT2D eigenvalue weighted by atomic mass is 9.46. The second kappa shape index (κ2) is 8.25. The number of ketones is 1. The minimum absolute atomic E-state index is 0.313. The smallest absolute Gasteiger partial charge is 0.155 e. The summed E-state index contributed by atoms with van der Waals surface area (Å²) in [5.74, 6) is 6.01. The molecule has 0 N–H and O–H groups in total. The molecule has 0 bridgehead atoms. The number of carbonyl (C=O) groups is 1. The summed E-state index contributed by atoms with van der Waals surface area (Å²) in [5.41, 5.74) is 2.34. The normalized spacial score (nSPS) is 43.2. The van der Waals surface area contributed by atoms with Crippen LogP contribution in [0.25, 0.3) is 0 Å². The quantitative estimate of drug-likeness (QED) is 0.419. The first-order chi connectivity index (χ1) is 14.2. The summed E-state index contributed by atoms with van der Waals surface area (Å²) in [4.78, 5) is 12.1. The molecule has 4 aliphatic rings. The van der Waals surface area contributed by atoms with E-state index in [9.17, 15) is 4.79 Å². The van der Waals surface area contributed by atoms with E-state index in [1.54, 1.807) is 0 Å². The Hall–Kier alpha value is -0.850. The van der Waals surface area contributed by atoms with Crippen LogP contribution in [0.2, 0.25) is 0 Å². The average molecular weight is 411 g/mol. The minimum atomic E-state index is 0.313. The van der Waals surface area contributed by atoms with Crippen molar-refractivity contribution in [3.8, 4) is 0 Å². The van der Waals surface area contributed by atoms with E-state index in [0.29, 0.717) is 22.5 Å². The van der Waals surface area contributed by atoms with Crippen molar-refractivity contribution >= 4 is 5.78 Å². The Morgan fingerprint density at radius 2 is 1.77 bits per heavy atom.